The lowest BCUT2D eigenvalue weighted by atomic mass is 10.2. The van der Waals surface area contributed by atoms with Gasteiger partial charge in [0.1, 0.15) is 18.5 Å². The Balaban J connectivity index is 1.57. The second kappa shape index (κ2) is 10.9. The van der Waals surface area contributed by atoms with Crippen molar-refractivity contribution in [2.45, 2.75) is 44.0 Å². The second-order valence-electron chi connectivity index (χ2n) is 6.02. The smallest absolute Gasteiger partial charge is 0.159 e. The molecule has 140 valence electrons. The van der Waals surface area contributed by atoms with Crippen LogP contribution in [0.25, 0.3) is 0 Å². The van der Waals surface area contributed by atoms with Gasteiger partial charge in [-0.25, -0.2) is 0 Å². The fourth-order valence-electron chi connectivity index (χ4n) is 2.85. The predicted molar refractivity (Wildman–Crippen MR) is 86.6 cm³/mol. The van der Waals surface area contributed by atoms with Crippen LogP contribution < -0.4 is 0 Å². The molecule has 1 fully saturated rings. The second-order valence-corrected chi connectivity index (χ2v) is 6.02. The fraction of sp³-hybridized carbons (Fsp3) is 0.882. The van der Waals surface area contributed by atoms with E-state index < -0.39 is 6.10 Å². The van der Waals surface area contributed by atoms with Crippen molar-refractivity contribution < 1.29 is 33.5 Å². The van der Waals surface area contributed by atoms with Gasteiger partial charge >= 0.3 is 0 Å². The van der Waals surface area contributed by atoms with Crippen LogP contribution in [-0.4, -0.2) is 77.3 Å². The maximum atomic E-state index is 10.0. The number of methoxy groups -OCH3 is 2. The molecule has 7 nitrogen and oxygen atoms in total. The molecule has 2 aliphatic rings. The van der Waals surface area contributed by atoms with Gasteiger partial charge in [-0.1, -0.05) is 0 Å². The molecule has 0 radical (unpaired) electrons. The highest BCUT2D eigenvalue weighted by atomic mass is 16.6. The van der Waals surface area contributed by atoms with Crippen LogP contribution in [0, 0.1) is 0 Å². The van der Waals surface area contributed by atoms with Crippen molar-refractivity contribution in [1.82, 2.24) is 0 Å². The van der Waals surface area contributed by atoms with Crippen molar-refractivity contribution in [3.8, 4) is 0 Å². The highest BCUT2D eigenvalue weighted by Gasteiger charge is 2.29. The Labute approximate surface area is 143 Å². The Hall–Kier alpha value is -0.860. The lowest BCUT2D eigenvalue weighted by Crippen LogP contribution is -2.29. The van der Waals surface area contributed by atoms with E-state index in [1.54, 1.807) is 14.2 Å². The monoisotopic (exact) mass is 346 g/mol. The molecule has 0 saturated carbocycles. The van der Waals surface area contributed by atoms with E-state index in [9.17, 15) is 5.11 Å². The minimum absolute atomic E-state index is 0.00369. The standard InChI is InChI=1S/C17H30O7/c1-19-11-16-14(5-9-23-16)21-7-3-13(18)4-8-22-15-6-10-24-17(15)12-20-2/h13-14,16,18H,3-12H2,1-2H3/t13?,14?,16-/m1/s1. The summed E-state index contributed by atoms with van der Waals surface area (Å²) in [6.07, 6.45) is 2.41. The minimum Gasteiger partial charge on any atom is -0.494 e. The summed E-state index contributed by atoms with van der Waals surface area (Å²) < 4.78 is 32.7. The van der Waals surface area contributed by atoms with Gasteiger partial charge in [-0.2, -0.15) is 0 Å². The number of ether oxygens (including phenoxy) is 6. The van der Waals surface area contributed by atoms with Crippen molar-refractivity contribution in [3.63, 3.8) is 0 Å². The van der Waals surface area contributed by atoms with Crippen LogP contribution in [0.15, 0.2) is 11.5 Å². The molecule has 0 bridgehead atoms. The zero-order valence-electron chi connectivity index (χ0n) is 14.7. The Bertz CT molecular complexity index is 385. The first-order valence-corrected chi connectivity index (χ1v) is 8.61. The molecule has 0 aliphatic carbocycles. The van der Waals surface area contributed by atoms with E-state index in [4.69, 9.17) is 28.4 Å². The minimum atomic E-state index is -0.443. The lowest BCUT2D eigenvalue weighted by molar-refractivity contribution is -0.0489. The predicted octanol–water partition coefficient (Wildman–Crippen LogP) is 1.24. The van der Waals surface area contributed by atoms with E-state index in [0.29, 0.717) is 52.5 Å². The number of aliphatic hydroxyl groups is 1. The number of aliphatic hydroxyl groups excluding tert-OH is 1. The molecular formula is C17H30O7. The van der Waals surface area contributed by atoms with E-state index in [0.717, 1.165) is 24.4 Å². The molecule has 7 heteroatoms. The molecule has 2 rings (SSSR count). The van der Waals surface area contributed by atoms with Crippen molar-refractivity contribution in [3.05, 3.63) is 11.5 Å². The first kappa shape index (κ1) is 19.5. The maximum Gasteiger partial charge on any atom is 0.159 e. The molecule has 0 amide bonds. The molecule has 1 saturated heterocycles. The van der Waals surface area contributed by atoms with Crippen LogP contribution in [0.1, 0.15) is 25.7 Å². The number of hydrogen-bond donors (Lipinski definition) is 1. The van der Waals surface area contributed by atoms with Crippen LogP contribution in [0.4, 0.5) is 0 Å². The summed E-state index contributed by atoms with van der Waals surface area (Å²) in [4.78, 5) is 0. The Kier molecular flexibility index (Phi) is 8.83. The molecule has 0 aromatic rings. The molecule has 24 heavy (non-hydrogen) atoms. The molecular weight excluding hydrogens is 316 g/mol. The molecule has 0 aromatic carbocycles. The SMILES string of the molecule is COCC1=C(OCCC(O)CCOC2CCO[C@@H]2COC)CCO1. The molecule has 3 atom stereocenters. The summed E-state index contributed by atoms with van der Waals surface area (Å²) in [5.74, 6) is 1.60. The number of rotatable bonds is 12. The van der Waals surface area contributed by atoms with Gasteiger partial charge in [0.15, 0.2) is 5.76 Å². The Morgan fingerprint density at radius 2 is 2.00 bits per heavy atom. The molecule has 2 heterocycles. The van der Waals surface area contributed by atoms with E-state index in [1.165, 1.54) is 0 Å². The van der Waals surface area contributed by atoms with Gasteiger partial charge in [-0.3, -0.25) is 0 Å². The molecule has 0 aromatic heterocycles. The van der Waals surface area contributed by atoms with Crippen LogP contribution in [0.2, 0.25) is 0 Å². The third-order valence-corrected chi connectivity index (χ3v) is 4.18. The molecule has 1 N–H and O–H groups in total. The van der Waals surface area contributed by atoms with E-state index >= 15 is 0 Å². The summed E-state index contributed by atoms with van der Waals surface area (Å²) in [7, 11) is 3.29. The van der Waals surface area contributed by atoms with Crippen molar-refractivity contribution in [1.29, 1.82) is 0 Å². The maximum absolute atomic E-state index is 10.0. The van der Waals surface area contributed by atoms with Crippen LogP contribution in [0.5, 0.6) is 0 Å². The van der Waals surface area contributed by atoms with Gasteiger partial charge in [0.25, 0.3) is 0 Å². The highest BCUT2D eigenvalue weighted by Crippen LogP contribution is 2.21. The molecule has 2 aliphatic heterocycles. The van der Waals surface area contributed by atoms with Gasteiger partial charge in [-0.05, 0) is 12.8 Å². The summed E-state index contributed by atoms with van der Waals surface area (Å²) in [6.45, 7) is 3.29. The average Bonchev–Trinajstić information content (AvgIpc) is 3.18. The number of hydrogen-bond acceptors (Lipinski definition) is 7. The highest BCUT2D eigenvalue weighted by molar-refractivity contribution is 5.06. The van der Waals surface area contributed by atoms with Gasteiger partial charge in [0.05, 0.1) is 32.0 Å². The average molecular weight is 346 g/mol. The largest absolute Gasteiger partial charge is 0.494 e. The molecule has 0 spiro atoms. The van der Waals surface area contributed by atoms with Gasteiger partial charge in [-0.15, -0.1) is 0 Å². The van der Waals surface area contributed by atoms with E-state index in [2.05, 4.69) is 0 Å². The van der Waals surface area contributed by atoms with Crippen molar-refractivity contribution in [2.24, 2.45) is 0 Å². The zero-order chi connectivity index (χ0) is 17.2. The van der Waals surface area contributed by atoms with Crippen molar-refractivity contribution >= 4 is 0 Å². The zero-order valence-corrected chi connectivity index (χ0v) is 14.7. The van der Waals surface area contributed by atoms with Crippen LogP contribution in [-0.2, 0) is 28.4 Å². The first-order chi connectivity index (χ1) is 11.7. The van der Waals surface area contributed by atoms with E-state index in [-0.39, 0.29) is 12.2 Å². The Morgan fingerprint density at radius 3 is 2.79 bits per heavy atom. The fourth-order valence-corrected chi connectivity index (χ4v) is 2.85. The van der Waals surface area contributed by atoms with Gasteiger partial charge in [0, 0.05) is 40.3 Å². The lowest BCUT2D eigenvalue weighted by Gasteiger charge is -2.19. The Morgan fingerprint density at radius 1 is 1.17 bits per heavy atom. The summed E-state index contributed by atoms with van der Waals surface area (Å²) >= 11 is 0. The third kappa shape index (κ3) is 6.22. The van der Waals surface area contributed by atoms with Crippen LogP contribution in [0.3, 0.4) is 0 Å². The van der Waals surface area contributed by atoms with Crippen molar-refractivity contribution in [2.75, 3.05) is 53.9 Å². The van der Waals surface area contributed by atoms with Crippen LogP contribution >= 0.6 is 0 Å². The summed E-state index contributed by atoms with van der Waals surface area (Å²) in [6, 6.07) is 0. The van der Waals surface area contributed by atoms with E-state index in [1.807, 2.05) is 0 Å². The van der Waals surface area contributed by atoms with Gasteiger partial charge < -0.3 is 33.5 Å². The first-order valence-electron chi connectivity index (χ1n) is 8.61. The molecule has 2 unspecified atom stereocenters. The summed E-state index contributed by atoms with van der Waals surface area (Å²) in [5.41, 5.74) is 0. The quantitative estimate of drug-likeness (QED) is 0.570. The third-order valence-electron chi connectivity index (χ3n) is 4.18. The van der Waals surface area contributed by atoms with Gasteiger partial charge in [0.2, 0.25) is 0 Å². The topological polar surface area (TPSA) is 75.6 Å². The normalized spacial score (nSPS) is 25.1. The summed E-state index contributed by atoms with van der Waals surface area (Å²) in [5, 5.41) is 10.0.